The van der Waals surface area contributed by atoms with Gasteiger partial charge in [-0.1, -0.05) is 17.7 Å². The van der Waals surface area contributed by atoms with Crippen LogP contribution in [0.2, 0.25) is 5.02 Å². The second-order valence-corrected chi connectivity index (χ2v) is 4.43. The van der Waals surface area contributed by atoms with E-state index in [1.54, 1.807) is 36.5 Å². The number of ketones is 1. The Kier molecular flexibility index (Phi) is 4.02. The molecule has 98 valence electrons. The molecule has 19 heavy (non-hydrogen) atoms. The summed E-state index contributed by atoms with van der Waals surface area (Å²) >= 11 is 5.86. The lowest BCUT2D eigenvalue weighted by atomic mass is 10.0. The zero-order valence-electron chi connectivity index (χ0n) is 10.4. The fraction of sp³-hybridized carbons (Fsp3) is 0.143. The van der Waals surface area contributed by atoms with Crippen molar-refractivity contribution in [2.45, 2.75) is 6.42 Å². The molecule has 0 spiro atoms. The predicted octanol–water partition coefficient (Wildman–Crippen LogP) is 2.75. The maximum absolute atomic E-state index is 12.3. The third kappa shape index (κ3) is 3.03. The van der Waals surface area contributed by atoms with Gasteiger partial charge in [0.2, 0.25) is 0 Å². The van der Waals surface area contributed by atoms with Crippen LogP contribution in [0.25, 0.3) is 0 Å². The molecule has 0 atom stereocenters. The number of nitrogens with zero attached hydrogens (tertiary/aromatic N) is 1. The van der Waals surface area contributed by atoms with Gasteiger partial charge in [-0.05, 0) is 24.3 Å². The summed E-state index contributed by atoms with van der Waals surface area (Å²) in [6.45, 7) is 0. The van der Waals surface area contributed by atoms with Crippen molar-refractivity contribution in [2.75, 3.05) is 12.8 Å². The van der Waals surface area contributed by atoms with Crippen LogP contribution in [0.1, 0.15) is 15.9 Å². The lowest BCUT2D eigenvalue weighted by molar-refractivity contribution is 0.0990. The van der Waals surface area contributed by atoms with E-state index in [-0.39, 0.29) is 12.2 Å². The zero-order valence-corrected chi connectivity index (χ0v) is 11.1. The van der Waals surface area contributed by atoms with Crippen LogP contribution >= 0.6 is 11.6 Å². The van der Waals surface area contributed by atoms with E-state index < -0.39 is 0 Å². The molecular formula is C14H13ClN2O2. The number of aromatic nitrogens is 1. The summed E-state index contributed by atoms with van der Waals surface area (Å²) in [4.78, 5) is 16.2. The van der Waals surface area contributed by atoms with Crippen LogP contribution in [0.4, 0.5) is 5.82 Å². The van der Waals surface area contributed by atoms with Crippen molar-refractivity contribution in [3.63, 3.8) is 0 Å². The average Bonchev–Trinajstić information content (AvgIpc) is 2.41. The Morgan fingerprint density at radius 3 is 2.89 bits per heavy atom. The van der Waals surface area contributed by atoms with E-state index in [9.17, 15) is 4.79 Å². The number of carbonyl (C=O) groups excluding carboxylic acids is 1. The van der Waals surface area contributed by atoms with Gasteiger partial charge in [0.25, 0.3) is 0 Å². The first-order valence-corrected chi connectivity index (χ1v) is 6.05. The molecule has 0 fully saturated rings. The smallest absolute Gasteiger partial charge is 0.171 e. The second kappa shape index (κ2) is 5.71. The summed E-state index contributed by atoms with van der Waals surface area (Å²) in [6, 6.07) is 8.45. The van der Waals surface area contributed by atoms with Crippen LogP contribution in [0, 0.1) is 0 Å². The zero-order chi connectivity index (χ0) is 13.8. The Bertz CT molecular complexity index is 614. The van der Waals surface area contributed by atoms with Crippen molar-refractivity contribution < 1.29 is 9.53 Å². The number of rotatable bonds is 4. The van der Waals surface area contributed by atoms with E-state index in [4.69, 9.17) is 22.1 Å². The lowest BCUT2D eigenvalue weighted by Crippen LogP contribution is -2.08. The normalized spacial score (nSPS) is 10.2. The predicted molar refractivity (Wildman–Crippen MR) is 74.7 cm³/mol. The highest BCUT2D eigenvalue weighted by Crippen LogP contribution is 2.25. The van der Waals surface area contributed by atoms with Crippen LogP contribution in [-0.4, -0.2) is 17.9 Å². The third-order valence-electron chi connectivity index (χ3n) is 2.74. The van der Waals surface area contributed by atoms with Gasteiger partial charge >= 0.3 is 0 Å². The number of Topliss-reactive ketones (excluding diaryl/α,β-unsaturated/α-hetero) is 1. The molecule has 0 radical (unpaired) electrons. The Balaban J connectivity index is 2.28. The van der Waals surface area contributed by atoms with Gasteiger partial charge in [-0.25, -0.2) is 4.98 Å². The SMILES string of the molecule is COc1cc(Cl)ccc1C(=O)Cc1cccnc1N. The number of pyridine rings is 1. The van der Waals surface area contributed by atoms with Crippen LogP contribution in [-0.2, 0) is 6.42 Å². The molecule has 0 saturated carbocycles. The average molecular weight is 277 g/mol. The first-order valence-electron chi connectivity index (χ1n) is 5.68. The molecular weight excluding hydrogens is 264 g/mol. The van der Waals surface area contributed by atoms with Gasteiger partial charge in [0.15, 0.2) is 5.78 Å². The largest absolute Gasteiger partial charge is 0.496 e. The van der Waals surface area contributed by atoms with Crippen molar-refractivity contribution >= 4 is 23.2 Å². The van der Waals surface area contributed by atoms with Crippen molar-refractivity contribution in [1.82, 2.24) is 4.98 Å². The topological polar surface area (TPSA) is 65.2 Å². The molecule has 0 amide bonds. The Morgan fingerprint density at radius 2 is 2.21 bits per heavy atom. The number of nitrogens with two attached hydrogens (primary N) is 1. The van der Waals surface area contributed by atoms with Gasteiger partial charge in [-0.2, -0.15) is 0 Å². The maximum atomic E-state index is 12.3. The van der Waals surface area contributed by atoms with Crippen molar-refractivity contribution in [2.24, 2.45) is 0 Å². The van der Waals surface area contributed by atoms with E-state index in [1.807, 2.05) is 0 Å². The van der Waals surface area contributed by atoms with Crippen molar-refractivity contribution in [1.29, 1.82) is 0 Å². The summed E-state index contributed by atoms with van der Waals surface area (Å²) < 4.78 is 5.16. The van der Waals surface area contributed by atoms with Gasteiger partial charge in [0.1, 0.15) is 11.6 Å². The fourth-order valence-electron chi connectivity index (χ4n) is 1.76. The van der Waals surface area contributed by atoms with Gasteiger partial charge in [-0.3, -0.25) is 4.79 Å². The van der Waals surface area contributed by atoms with Crippen LogP contribution in [0.15, 0.2) is 36.5 Å². The molecule has 5 heteroatoms. The molecule has 1 heterocycles. The molecule has 0 aliphatic carbocycles. The van der Waals surface area contributed by atoms with Crippen molar-refractivity contribution in [3.05, 3.63) is 52.7 Å². The van der Waals surface area contributed by atoms with Crippen molar-refractivity contribution in [3.8, 4) is 5.75 Å². The maximum Gasteiger partial charge on any atom is 0.171 e. The molecule has 1 aromatic carbocycles. The quantitative estimate of drug-likeness (QED) is 0.872. The summed E-state index contributed by atoms with van der Waals surface area (Å²) in [5.74, 6) is 0.733. The summed E-state index contributed by atoms with van der Waals surface area (Å²) in [7, 11) is 1.50. The van der Waals surface area contributed by atoms with E-state index in [0.717, 1.165) is 0 Å². The van der Waals surface area contributed by atoms with Gasteiger partial charge < -0.3 is 10.5 Å². The summed E-state index contributed by atoms with van der Waals surface area (Å²) in [5, 5.41) is 0.522. The van der Waals surface area contributed by atoms with E-state index in [0.29, 0.717) is 27.7 Å². The van der Waals surface area contributed by atoms with E-state index >= 15 is 0 Å². The minimum Gasteiger partial charge on any atom is -0.496 e. The van der Waals surface area contributed by atoms with Gasteiger partial charge in [0, 0.05) is 23.2 Å². The minimum atomic E-state index is -0.0896. The van der Waals surface area contributed by atoms with E-state index in [1.165, 1.54) is 7.11 Å². The number of nitrogen functional groups attached to an aromatic ring is 1. The Morgan fingerprint density at radius 1 is 1.42 bits per heavy atom. The van der Waals surface area contributed by atoms with Gasteiger partial charge in [-0.15, -0.1) is 0 Å². The first-order chi connectivity index (χ1) is 9.11. The molecule has 0 bridgehead atoms. The highest BCUT2D eigenvalue weighted by Gasteiger charge is 2.14. The first kappa shape index (κ1) is 13.4. The number of halogens is 1. The molecule has 2 N–H and O–H groups in total. The highest BCUT2D eigenvalue weighted by molar-refractivity contribution is 6.30. The standard InChI is InChI=1S/C14H13ClN2O2/c1-19-13-8-10(15)4-5-11(13)12(18)7-9-3-2-6-17-14(9)16/h2-6,8H,7H2,1H3,(H2,16,17). The van der Waals surface area contributed by atoms with E-state index in [2.05, 4.69) is 4.98 Å². The number of benzene rings is 1. The third-order valence-corrected chi connectivity index (χ3v) is 2.98. The molecule has 1 aromatic heterocycles. The molecule has 2 rings (SSSR count). The van der Waals surface area contributed by atoms with Crippen LogP contribution in [0.5, 0.6) is 5.75 Å². The highest BCUT2D eigenvalue weighted by atomic mass is 35.5. The number of methoxy groups -OCH3 is 1. The number of anilines is 1. The lowest BCUT2D eigenvalue weighted by Gasteiger charge is -2.08. The van der Waals surface area contributed by atoms with Gasteiger partial charge in [0.05, 0.1) is 12.7 Å². The van der Waals surface area contributed by atoms with Crippen LogP contribution < -0.4 is 10.5 Å². The number of hydrogen-bond acceptors (Lipinski definition) is 4. The summed E-state index contributed by atoms with van der Waals surface area (Å²) in [5.41, 5.74) is 6.91. The number of ether oxygens (including phenoxy) is 1. The number of carbonyl (C=O) groups is 1. The Labute approximate surface area is 116 Å². The molecule has 0 aliphatic heterocycles. The van der Waals surface area contributed by atoms with Crippen LogP contribution in [0.3, 0.4) is 0 Å². The monoisotopic (exact) mass is 276 g/mol. The minimum absolute atomic E-state index is 0.0896. The molecule has 0 aliphatic rings. The summed E-state index contributed by atoms with van der Waals surface area (Å²) in [6.07, 6.45) is 1.77. The molecule has 0 saturated heterocycles. The molecule has 4 nitrogen and oxygen atoms in total. The number of hydrogen-bond donors (Lipinski definition) is 1. The Hall–Kier alpha value is -2.07. The molecule has 2 aromatic rings. The second-order valence-electron chi connectivity index (χ2n) is 3.99. The molecule has 0 unspecified atom stereocenters. The fourth-order valence-corrected chi connectivity index (χ4v) is 1.93.